The minimum absolute atomic E-state index is 0.0396. The van der Waals surface area contributed by atoms with Crippen LogP contribution in [-0.4, -0.2) is 27.8 Å². The fourth-order valence-corrected chi connectivity index (χ4v) is 2.58. The second-order valence-corrected chi connectivity index (χ2v) is 5.68. The topological polar surface area (TPSA) is 93.5 Å². The maximum Gasteiger partial charge on any atom is 0.261 e. The average molecular weight is 333 g/mol. The molecule has 0 aliphatic carbocycles. The molecule has 0 bridgehead atoms. The third-order valence-electron chi connectivity index (χ3n) is 3.96. The number of aromatic nitrogens is 2. The van der Waals surface area contributed by atoms with Crippen molar-refractivity contribution in [1.29, 1.82) is 0 Å². The largest absolute Gasteiger partial charge is 0.497 e. The van der Waals surface area contributed by atoms with Gasteiger partial charge in [-0.15, -0.1) is 0 Å². The van der Waals surface area contributed by atoms with Crippen molar-refractivity contribution in [1.82, 2.24) is 15.0 Å². The van der Waals surface area contributed by atoms with Crippen LogP contribution in [-0.2, 0) is 11.3 Å². The minimum atomic E-state index is -0.347. The van der Waals surface area contributed by atoms with Crippen LogP contribution in [0.15, 0.2) is 29.3 Å². The second-order valence-electron chi connectivity index (χ2n) is 5.68. The molecular formula is C17H23N3O4. The van der Waals surface area contributed by atoms with Gasteiger partial charge in [-0.2, -0.15) is 0 Å². The molecule has 0 fully saturated rings. The van der Waals surface area contributed by atoms with Crippen LogP contribution in [0.2, 0.25) is 0 Å². The quantitative estimate of drug-likeness (QED) is 0.417. The molecule has 2 N–H and O–H groups in total. The van der Waals surface area contributed by atoms with Crippen molar-refractivity contribution in [2.45, 2.75) is 45.1 Å². The van der Waals surface area contributed by atoms with Gasteiger partial charge in [0.05, 0.1) is 24.3 Å². The van der Waals surface area contributed by atoms with Crippen molar-refractivity contribution in [3.05, 3.63) is 34.9 Å². The summed E-state index contributed by atoms with van der Waals surface area (Å²) in [6.07, 6.45) is 6.46. The first kappa shape index (κ1) is 17.9. The van der Waals surface area contributed by atoms with Crippen molar-refractivity contribution in [3.8, 4) is 5.75 Å². The zero-order valence-electron chi connectivity index (χ0n) is 13.8. The van der Waals surface area contributed by atoms with Gasteiger partial charge in [-0.1, -0.05) is 19.3 Å². The maximum absolute atomic E-state index is 12.4. The minimum Gasteiger partial charge on any atom is -0.497 e. The smallest absolute Gasteiger partial charge is 0.261 e. The zero-order valence-corrected chi connectivity index (χ0v) is 13.8. The molecule has 0 spiro atoms. The van der Waals surface area contributed by atoms with Gasteiger partial charge in [0.1, 0.15) is 5.75 Å². The van der Waals surface area contributed by atoms with E-state index in [2.05, 4.69) is 4.98 Å². The van der Waals surface area contributed by atoms with Gasteiger partial charge in [0.15, 0.2) is 0 Å². The van der Waals surface area contributed by atoms with Crippen LogP contribution in [0.3, 0.4) is 0 Å². The lowest BCUT2D eigenvalue weighted by molar-refractivity contribution is -0.129. The number of aryl methyl sites for hydroxylation is 1. The molecule has 2 rings (SSSR count). The molecule has 0 radical (unpaired) electrons. The Morgan fingerprint density at radius 2 is 2.00 bits per heavy atom. The number of ether oxygens (including phenoxy) is 1. The molecule has 7 nitrogen and oxygen atoms in total. The maximum atomic E-state index is 12.4. The fourth-order valence-electron chi connectivity index (χ4n) is 2.58. The number of carbonyl (C=O) groups excluding carboxylic acids is 1. The molecule has 1 heterocycles. The van der Waals surface area contributed by atoms with Crippen molar-refractivity contribution < 1.29 is 14.7 Å². The van der Waals surface area contributed by atoms with Crippen LogP contribution >= 0.6 is 0 Å². The molecule has 24 heavy (non-hydrogen) atoms. The molecule has 0 atom stereocenters. The normalized spacial score (nSPS) is 10.8. The van der Waals surface area contributed by atoms with Gasteiger partial charge < -0.3 is 4.74 Å². The summed E-state index contributed by atoms with van der Waals surface area (Å²) in [5, 5.41) is 8.98. The summed E-state index contributed by atoms with van der Waals surface area (Å²) in [7, 11) is 1.58. The number of amides is 1. The molecule has 1 amide bonds. The fraction of sp³-hybridized carbons (Fsp3) is 0.471. The highest BCUT2D eigenvalue weighted by Gasteiger charge is 2.05. The van der Waals surface area contributed by atoms with E-state index in [0.717, 1.165) is 32.1 Å². The number of unbranched alkanes of at least 4 members (excludes halogenated alkanes) is 4. The molecular weight excluding hydrogens is 310 g/mol. The first-order chi connectivity index (χ1) is 11.7. The van der Waals surface area contributed by atoms with Gasteiger partial charge in [0.2, 0.25) is 5.91 Å². The van der Waals surface area contributed by atoms with Gasteiger partial charge in [0, 0.05) is 19.0 Å². The first-order valence-corrected chi connectivity index (χ1v) is 8.12. The van der Waals surface area contributed by atoms with E-state index in [1.165, 1.54) is 0 Å². The second kappa shape index (κ2) is 9.02. The third kappa shape index (κ3) is 4.79. The Hall–Kier alpha value is -2.41. The number of methoxy groups -OCH3 is 1. The zero-order chi connectivity index (χ0) is 17.4. The van der Waals surface area contributed by atoms with E-state index in [1.54, 1.807) is 41.7 Å². The number of hydrogen-bond donors (Lipinski definition) is 2. The van der Waals surface area contributed by atoms with Gasteiger partial charge >= 0.3 is 0 Å². The number of hydrogen-bond acceptors (Lipinski definition) is 5. The number of fused-ring (bicyclic) bond motifs is 1. The van der Waals surface area contributed by atoms with Crippen LogP contribution < -0.4 is 15.8 Å². The highest BCUT2D eigenvalue weighted by Crippen LogP contribution is 2.16. The van der Waals surface area contributed by atoms with Crippen molar-refractivity contribution in [2.75, 3.05) is 7.11 Å². The predicted molar refractivity (Wildman–Crippen MR) is 90.2 cm³/mol. The summed E-state index contributed by atoms with van der Waals surface area (Å²) < 4.78 is 6.77. The standard InChI is InChI=1S/C17H23N3O4/c1-24-13-8-9-14-15(11-13)18-12-20(17(14)22)10-6-4-2-3-5-7-16(21)19-23/h8-9,11-12,23H,2-7,10H2,1H3,(H,19,21). The lowest BCUT2D eigenvalue weighted by atomic mass is 10.1. The highest BCUT2D eigenvalue weighted by atomic mass is 16.5. The van der Waals surface area contributed by atoms with E-state index in [-0.39, 0.29) is 11.5 Å². The Labute approximate surface area is 140 Å². The Morgan fingerprint density at radius 1 is 1.25 bits per heavy atom. The van der Waals surface area contributed by atoms with Crippen LogP contribution in [0, 0.1) is 0 Å². The van der Waals surface area contributed by atoms with E-state index in [1.807, 2.05) is 0 Å². The monoisotopic (exact) mass is 333 g/mol. The van der Waals surface area contributed by atoms with Crippen LogP contribution in [0.4, 0.5) is 0 Å². The van der Waals surface area contributed by atoms with Gasteiger partial charge in [-0.25, -0.2) is 10.5 Å². The average Bonchev–Trinajstić information content (AvgIpc) is 2.61. The van der Waals surface area contributed by atoms with E-state index in [9.17, 15) is 9.59 Å². The van der Waals surface area contributed by atoms with Gasteiger partial charge in [-0.05, 0) is 25.0 Å². The van der Waals surface area contributed by atoms with E-state index < -0.39 is 0 Å². The Bertz CT molecular complexity index is 742. The molecule has 1 aromatic heterocycles. The van der Waals surface area contributed by atoms with Crippen LogP contribution in [0.1, 0.15) is 38.5 Å². The van der Waals surface area contributed by atoms with E-state index >= 15 is 0 Å². The molecule has 2 aromatic rings. The lowest BCUT2D eigenvalue weighted by Gasteiger charge is -2.07. The third-order valence-corrected chi connectivity index (χ3v) is 3.96. The first-order valence-electron chi connectivity index (χ1n) is 8.12. The van der Waals surface area contributed by atoms with Crippen LogP contribution in [0.25, 0.3) is 10.9 Å². The summed E-state index contributed by atoms with van der Waals surface area (Å²) >= 11 is 0. The van der Waals surface area contributed by atoms with Gasteiger partial charge in [0.25, 0.3) is 5.56 Å². The molecule has 1 aromatic carbocycles. The summed E-state index contributed by atoms with van der Waals surface area (Å²) in [6, 6.07) is 5.26. The molecule has 0 saturated heterocycles. The number of benzene rings is 1. The van der Waals surface area contributed by atoms with Gasteiger partial charge in [-0.3, -0.25) is 19.4 Å². The van der Waals surface area contributed by atoms with E-state index in [0.29, 0.717) is 29.6 Å². The molecule has 7 heteroatoms. The summed E-state index contributed by atoms with van der Waals surface area (Å²) in [5.74, 6) is 0.336. The summed E-state index contributed by atoms with van der Waals surface area (Å²) in [4.78, 5) is 27.6. The molecule has 0 aliphatic heterocycles. The summed E-state index contributed by atoms with van der Waals surface area (Å²) in [5.41, 5.74) is 2.22. The van der Waals surface area contributed by atoms with Crippen molar-refractivity contribution in [2.24, 2.45) is 0 Å². The summed E-state index contributed by atoms with van der Waals surface area (Å²) in [6.45, 7) is 0.630. The number of rotatable bonds is 9. The molecule has 0 saturated carbocycles. The number of nitrogens with one attached hydrogen (secondary N) is 1. The molecule has 0 aliphatic rings. The Kier molecular flexibility index (Phi) is 6.74. The SMILES string of the molecule is COc1ccc2c(=O)n(CCCCCCCC(=O)NO)cnc2c1. The highest BCUT2D eigenvalue weighted by molar-refractivity contribution is 5.78. The Balaban J connectivity index is 1.82. The molecule has 130 valence electrons. The van der Waals surface area contributed by atoms with Crippen molar-refractivity contribution >= 4 is 16.8 Å². The van der Waals surface area contributed by atoms with Crippen LogP contribution in [0.5, 0.6) is 5.75 Å². The number of carbonyl (C=O) groups is 1. The predicted octanol–water partition coefficient (Wildman–Crippen LogP) is 2.25. The lowest BCUT2D eigenvalue weighted by Crippen LogP contribution is -2.20. The number of nitrogens with zero attached hydrogens (tertiary/aromatic N) is 2. The number of hydroxylamine groups is 1. The van der Waals surface area contributed by atoms with E-state index in [4.69, 9.17) is 9.94 Å². The van der Waals surface area contributed by atoms with Crippen molar-refractivity contribution in [3.63, 3.8) is 0 Å². The molecule has 0 unspecified atom stereocenters. The Morgan fingerprint density at radius 3 is 2.75 bits per heavy atom.